The fraction of sp³-hybridized carbons (Fsp3) is 0.278. The Balaban J connectivity index is 1.69. The van der Waals surface area contributed by atoms with Crippen molar-refractivity contribution in [2.75, 3.05) is 18.2 Å². The number of aromatic nitrogens is 3. The predicted octanol–water partition coefficient (Wildman–Crippen LogP) is 3.32. The van der Waals surface area contributed by atoms with Crippen LogP contribution >= 0.6 is 11.8 Å². The van der Waals surface area contributed by atoms with Crippen LogP contribution in [0.5, 0.6) is 5.88 Å². The number of aryl methyl sites for hydroxylation is 3. The highest BCUT2D eigenvalue weighted by Crippen LogP contribution is 2.24. The number of ether oxygens (including phenoxy) is 1. The molecule has 0 aliphatic rings. The van der Waals surface area contributed by atoms with Gasteiger partial charge in [0.1, 0.15) is 0 Å². The molecule has 130 valence electrons. The van der Waals surface area contributed by atoms with E-state index in [1.54, 1.807) is 16.4 Å². The number of carbonyl (C=O) groups is 1. The molecule has 1 aromatic carbocycles. The Hall–Kier alpha value is -2.54. The maximum atomic E-state index is 12.1. The Bertz CT molecular complexity index is 936. The van der Waals surface area contributed by atoms with Crippen LogP contribution in [-0.2, 0) is 11.8 Å². The van der Waals surface area contributed by atoms with Gasteiger partial charge >= 0.3 is 0 Å². The Morgan fingerprint density at radius 2 is 2.12 bits per heavy atom. The number of anilines is 1. The van der Waals surface area contributed by atoms with Crippen molar-refractivity contribution in [3.8, 4) is 5.88 Å². The van der Waals surface area contributed by atoms with Gasteiger partial charge in [-0.3, -0.25) is 9.48 Å². The maximum absolute atomic E-state index is 12.1. The van der Waals surface area contributed by atoms with Crippen LogP contribution in [0.4, 0.5) is 5.69 Å². The number of amides is 1. The lowest BCUT2D eigenvalue weighted by Crippen LogP contribution is -2.20. The zero-order valence-electron chi connectivity index (χ0n) is 14.7. The highest BCUT2D eigenvalue weighted by Gasteiger charge is 2.12. The molecule has 0 radical (unpaired) electrons. The lowest BCUT2D eigenvalue weighted by Gasteiger charge is -2.09. The summed E-state index contributed by atoms with van der Waals surface area (Å²) >= 11 is 1.63. The molecule has 0 atom stereocenters. The van der Waals surface area contributed by atoms with Crippen LogP contribution in [0.15, 0.2) is 35.2 Å². The van der Waals surface area contributed by atoms with E-state index in [4.69, 9.17) is 4.74 Å². The van der Waals surface area contributed by atoms with Gasteiger partial charge in [-0.15, -0.1) is 11.8 Å². The Morgan fingerprint density at radius 1 is 1.32 bits per heavy atom. The van der Waals surface area contributed by atoms with Crippen molar-refractivity contribution in [2.24, 2.45) is 7.05 Å². The molecule has 0 saturated carbocycles. The molecule has 2 heterocycles. The lowest BCUT2D eigenvalue weighted by atomic mass is 10.2. The highest BCUT2D eigenvalue weighted by molar-refractivity contribution is 7.98. The van der Waals surface area contributed by atoms with Crippen LogP contribution in [0, 0.1) is 13.8 Å². The molecule has 1 amide bonds. The van der Waals surface area contributed by atoms with E-state index in [9.17, 15) is 4.79 Å². The number of fused-ring (bicyclic) bond motifs is 1. The zero-order valence-corrected chi connectivity index (χ0v) is 15.5. The van der Waals surface area contributed by atoms with Gasteiger partial charge < -0.3 is 10.1 Å². The first-order valence-electron chi connectivity index (χ1n) is 7.85. The molecular weight excluding hydrogens is 336 g/mol. The van der Waals surface area contributed by atoms with Crippen LogP contribution in [0.1, 0.15) is 11.3 Å². The van der Waals surface area contributed by atoms with Gasteiger partial charge in [0.15, 0.2) is 12.3 Å². The minimum atomic E-state index is -0.223. The molecule has 2 aromatic heterocycles. The van der Waals surface area contributed by atoms with Crippen molar-refractivity contribution in [1.29, 1.82) is 0 Å². The second kappa shape index (κ2) is 7.14. The largest absolute Gasteiger partial charge is 0.467 e. The average Bonchev–Trinajstić information content (AvgIpc) is 2.88. The van der Waals surface area contributed by atoms with Crippen molar-refractivity contribution < 1.29 is 9.53 Å². The molecule has 0 aliphatic carbocycles. The van der Waals surface area contributed by atoms with Crippen LogP contribution < -0.4 is 10.1 Å². The quantitative estimate of drug-likeness (QED) is 0.710. The number of nitrogens with zero attached hydrogens (tertiary/aromatic N) is 3. The first-order chi connectivity index (χ1) is 12.0. The van der Waals surface area contributed by atoms with Gasteiger partial charge in [0, 0.05) is 29.1 Å². The number of benzene rings is 1. The SMILES string of the molecule is CSc1cccc(NC(=O)COc2cc(C)c3c(C)nn(C)c3n2)c1. The van der Waals surface area contributed by atoms with Gasteiger partial charge in [-0.2, -0.15) is 10.1 Å². The summed E-state index contributed by atoms with van der Waals surface area (Å²) in [6, 6.07) is 9.51. The summed E-state index contributed by atoms with van der Waals surface area (Å²) < 4.78 is 7.30. The molecule has 0 saturated heterocycles. The van der Waals surface area contributed by atoms with Crippen molar-refractivity contribution >= 4 is 34.4 Å². The van der Waals surface area contributed by atoms with E-state index >= 15 is 0 Å². The van der Waals surface area contributed by atoms with Crippen LogP contribution in [0.3, 0.4) is 0 Å². The third-order valence-corrected chi connectivity index (χ3v) is 4.57. The first kappa shape index (κ1) is 17.3. The average molecular weight is 356 g/mol. The molecule has 0 unspecified atom stereocenters. The summed E-state index contributed by atoms with van der Waals surface area (Å²) in [6.07, 6.45) is 1.99. The summed E-state index contributed by atoms with van der Waals surface area (Å²) in [5.74, 6) is 0.194. The molecule has 3 aromatic rings. The maximum Gasteiger partial charge on any atom is 0.262 e. The molecule has 6 nitrogen and oxygen atoms in total. The van der Waals surface area contributed by atoms with E-state index in [-0.39, 0.29) is 12.5 Å². The number of carbonyl (C=O) groups excluding carboxylic acids is 1. The molecule has 25 heavy (non-hydrogen) atoms. The van der Waals surface area contributed by atoms with E-state index in [1.165, 1.54) is 0 Å². The topological polar surface area (TPSA) is 69.0 Å². The van der Waals surface area contributed by atoms with Gasteiger partial charge in [-0.1, -0.05) is 6.07 Å². The fourth-order valence-electron chi connectivity index (χ4n) is 2.74. The van der Waals surface area contributed by atoms with Crippen molar-refractivity contribution in [2.45, 2.75) is 18.7 Å². The number of nitrogens with one attached hydrogen (secondary N) is 1. The van der Waals surface area contributed by atoms with Crippen LogP contribution in [0.25, 0.3) is 11.0 Å². The van der Waals surface area contributed by atoms with Crippen molar-refractivity contribution in [1.82, 2.24) is 14.8 Å². The third kappa shape index (κ3) is 3.76. The molecule has 3 rings (SSSR count). The molecule has 0 bridgehead atoms. The lowest BCUT2D eigenvalue weighted by molar-refractivity contribution is -0.118. The Morgan fingerprint density at radius 3 is 2.88 bits per heavy atom. The summed E-state index contributed by atoms with van der Waals surface area (Å²) in [5, 5.41) is 8.23. The van der Waals surface area contributed by atoms with Gasteiger partial charge in [0.2, 0.25) is 5.88 Å². The second-order valence-electron chi connectivity index (χ2n) is 5.75. The monoisotopic (exact) mass is 356 g/mol. The minimum Gasteiger partial charge on any atom is -0.467 e. The highest BCUT2D eigenvalue weighted by atomic mass is 32.2. The third-order valence-electron chi connectivity index (χ3n) is 3.85. The number of pyridine rings is 1. The van der Waals surface area contributed by atoms with Gasteiger partial charge in [-0.05, 0) is 43.9 Å². The summed E-state index contributed by atoms with van der Waals surface area (Å²) in [6.45, 7) is 3.84. The first-order valence-corrected chi connectivity index (χ1v) is 9.08. The van der Waals surface area contributed by atoms with E-state index in [0.29, 0.717) is 5.88 Å². The number of rotatable bonds is 5. The zero-order chi connectivity index (χ0) is 18.0. The van der Waals surface area contributed by atoms with E-state index in [2.05, 4.69) is 15.4 Å². The standard InChI is InChI=1S/C18H20N4O2S/c1-11-8-16(20-18-17(11)12(2)21-22(18)3)24-10-15(23)19-13-6-5-7-14(9-13)25-4/h5-9H,10H2,1-4H3,(H,19,23). The van der Waals surface area contributed by atoms with Crippen LogP contribution in [0.2, 0.25) is 0 Å². The minimum absolute atomic E-state index is 0.0989. The number of thioether (sulfide) groups is 1. The normalized spacial score (nSPS) is 10.9. The molecule has 0 spiro atoms. The smallest absolute Gasteiger partial charge is 0.262 e. The Kier molecular flexibility index (Phi) is 4.94. The van der Waals surface area contributed by atoms with Crippen molar-refractivity contribution in [3.63, 3.8) is 0 Å². The van der Waals surface area contributed by atoms with E-state index < -0.39 is 0 Å². The van der Waals surface area contributed by atoms with Gasteiger partial charge in [0.25, 0.3) is 5.91 Å². The molecule has 0 aliphatic heterocycles. The van der Waals surface area contributed by atoms with Gasteiger partial charge in [-0.25, -0.2) is 0 Å². The summed E-state index contributed by atoms with van der Waals surface area (Å²) in [4.78, 5) is 17.7. The fourth-order valence-corrected chi connectivity index (χ4v) is 3.20. The molecule has 1 N–H and O–H groups in total. The molecular formula is C18H20N4O2S. The summed E-state index contributed by atoms with van der Waals surface area (Å²) in [7, 11) is 1.84. The van der Waals surface area contributed by atoms with Crippen LogP contribution in [-0.4, -0.2) is 33.5 Å². The number of hydrogen-bond acceptors (Lipinski definition) is 5. The Labute approximate surface area is 150 Å². The predicted molar refractivity (Wildman–Crippen MR) is 100 cm³/mol. The molecule has 0 fully saturated rings. The van der Waals surface area contributed by atoms with Gasteiger partial charge in [0.05, 0.1) is 5.69 Å². The summed E-state index contributed by atoms with van der Waals surface area (Å²) in [5.41, 5.74) is 3.46. The van der Waals surface area contributed by atoms with E-state index in [0.717, 1.165) is 32.9 Å². The molecule has 7 heteroatoms. The second-order valence-corrected chi connectivity index (χ2v) is 6.63. The van der Waals surface area contributed by atoms with E-state index in [1.807, 2.05) is 57.5 Å². The van der Waals surface area contributed by atoms with Crippen molar-refractivity contribution in [3.05, 3.63) is 41.6 Å². The number of hydrogen-bond donors (Lipinski definition) is 1.